The van der Waals surface area contributed by atoms with Gasteiger partial charge in [-0.05, 0) is 66.0 Å². The van der Waals surface area contributed by atoms with Crippen molar-refractivity contribution < 1.29 is 4.39 Å². The van der Waals surface area contributed by atoms with Crippen molar-refractivity contribution in [3.05, 3.63) is 88.2 Å². The summed E-state index contributed by atoms with van der Waals surface area (Å²) in [5.41, 5.74) is 4.99. The Hall–Kier alpha value is -2.76. The van der Waals surface area contributed by atoms with Gasteiger partial charge in [-0.15, -0.1) is 0 Å². The third-order valence-electron chi connectivity index (χ3n) is 4.77. The van der Waals surface area contributed by atoms with Crippen LogP contribution in [0.2, 0.25) is 5.02 Å². The lowest BCUT2D eigenvalue weighted by atomic mass is 10.0. The largest absolute Gasteiger partial charge is 0.204 e. The van der Waals surface area contributed by atoms with Gasteiger partial charge in [0.2, 0.25) is 0 Å². The maximum Gasteiger partial charge on any atom is 0.152 e. The van der Waals surface area contributed by atoms with E-state index in [2.05, 4.69) is 65.4 Å². The summed E-state index contributed by atoms with van der Waals surface area (Å²) in [4.78, 5) is 3.64. The maximum atomic E-state index is 14.0. The number of thiocarbonyl (C=S) groups is 1. The molecule has 0 aromatic heterocycles. The van der Waals surface area contributed by atoms with E-state index in [1.54, 1.807) is 6.07 Å². The SMILES string of the molecule is CCCCCc1ccc(-c2ccc(C#Cc3cc(F)c(N=C=S)c(Cl)c3)cc2)cc1. The summed E-state index contributed by atoms with van der Waals surface area (Å²) < 4.78 is 14.0. The van der Waals surface area contributed by atoms with Gasteiger partial charge in [-0.25, -0.2) is 4.39 Å². The van der Waals surface area contributed by atoms with Crippen molar-refractivity contribution in [2.24, 2.45) is 4.99 Å². The highest BCUT2D eigenvalue weighted by Gasteiger charge is 2.07. The van der Waals surface area contributed by atoms with Crippen LogP contribution in [0.1, 0.15) is 42.9 Å². The molecular formula is C26H21ClFNS. The molecule has 0 saturated carbocycles. The standard InChI is InChI=1S/C26H21ClFNS/c1-2-3-4-5-19-8-12-22(13-9-19)23-14-10-20(11-15-23)6-7-21-16-24(27)26(29-18-30)25(28)17-21/h8-17H,2-5H2,1H3. The van der Waals surface area contributed by atoms with Gasteiger partial charge in [0.25, 0.3) is 0 Å². The molecule has 1 nitrogen and oxygen atoms in total. The smallest absolute Gasteiger partial charge is 0.152 e. The van der Waals surface area contributed by atoms with E-state index in [-0.39, 0.29) is 10.7 Å². The monoisotopic (exact) mass is 433 g/mol. The number of isothiocyanates is 1. The molecule has 0 spiro atoms. The molecule has 4 heteroatoms. The highest BCUT2D eigenvalue weighted by atomic mass is 35.5. The number of halogens is 2. The highest BCUT2D eigenvalue weighted by Crippen LogP contribution is 2.29. The first kappa shape index (κ1) is 21.9. The van der Waals surface area contributed by atoms with Crippen LogP contribution in [0.3, 0.4) is 0 Å². The van der Waals surface area contributed by atoms with Crippen LogP contribution in [0.5, 0.6) is 0 Å². The Morgan fingerprint density at radius 1 is 0.900 bits per heavy atom. The number of nitrogens with zero attached hydrogens (tertiary/aromatic N) is 1. The molecule has 0 heterocycles. The molecule has 0 bridgehead atoms. The summed E-state index contributed by atoms with van der Waals surface area (Å²) >= 11 is 10.5. The van der Waals surface area contributed by atoms with Crippen LogP contribution >= 0.6 is 23.8 Å². The van der Waals surface area contributed by atoms with Crippen molar-refractivity contribution in [2.75, 3.05) is 0 Å². The molecule has 0 N–H and O–H groups in total. The molecule has 3 aromatic carbocycles. The minimum absolute atomic E-state index is 0.0158. The second kappa shape index (κ2) is 10.9. The first-order valence-corrected chi connectivity index (χ1v) is 10.7. The van der Waals surface area contributed by atoms with E-state index < -0.39 is 5.82 Å². The second-order valence-electron chi connectivity index (χ2n) is 6.97. The first-order chi connectivity index (χ1) is 14.6. The summed E-state index contributed by atoms with van der Waals surface area (Å²) in [5, 5.41) is 2.28. The lowest BCUT2D eigenvalue weighted by Gasteiger charge is -2.05. The molecular weight excluding hydrogens is 413 g/mol. The number of aliphatic imine (C=N–C) groups is 1. The van der Waals surface area contributed by atoms with Gasteiger partial charge in [0.05, 0.1) is 10.2 Å². The molecule has 0 aliphatic heterocycles. The number of rotatable bonds is 6. The van der Waals surface area contributed by atoms with Gasteiger partial charge in [0.15, 0.2) is 5.82 Å². The van der Waals surface area contributed by atoms with Crippen LogP contribution in [-0.2, 0) is 6.42 Å². The fourth-order valence-corrected chi connectivity index (χ4v) is 3.46. The minimum Gasteiger partial charge on any atom is -0.204 e. The van der Waals surface area contributed by atoms with E-state index in [9.17, 15) is 4.39 Å². The highest BCUT2D eigenvalue weighted by molar-refractivity contribution is 7.78. The lowest BCUT2D eigenvalue weighted by molar-refractivity contribution is 0.630. The fourth-order valence-electron chi connectivity index (χ4n) is 3.12. The van der Waals surface area contributed by atoms with Gasteiger partial charge in [-0.1, -0.05) is 79.6 Å². The molecule has 0 unspecified atom stereocenters. The van der Waals surface area contributed by atoms with E-state index in [0.29, 0.717) is 5.56 Å². The van der Waals surface area contributed by atoms with Gasteiger partial charge in [0.1, 0.15) is 5.69 Å². The van der Waals surface area contributed by atoms with Gasteiger partial charge in [0, 0.05) is 11.1 Å². The minimum atomic E-state index is -0.572. The Labute approximate surface area is 187 Å². The molecule has 3 aromatic rings. The van der Waals surface area contributed by atoms with Crippen molar-refractivity contribution in [1.29, 1.82) is 0 Å². The molecule has 0 saturated heterocycles. The third-order valence-corrected chi connectivity index (χ3v) is 5.15. The van der Waals surface area contributed by atoms with E-state index in [1.807, 2.05) is 24.3 Å². The average molecular weight is 434 g/mol. The Kier molecular flexibility index (Phi) is 7.94. The van der Waals surface area contributed by atoms with Crippen molar-refractivity contribution in [3.63, 3.8) is 0 Å². The molecule has 0 fully saturated rings. The molecule has 0 aliphatic rings. The van der Waals surface area contributed by atoms with Crippen molar-refractivity contribution in [2.45, 2.75) is 32.6 Å². The maximum absolute atomic E-state index is 14.0. The number of aryl methyl sites for hydroxylation is 1. The summed E-state index contributed by atoms with van der Waals surface area (Å²) in [6.45, 7) is 2.22. The van der Waals surface area contributed by atoms with Crippen LogP contribution in [-0.4, -0.2) is 5.16 Å². The molecule has 0 aliphatic carbocycles. The number of hydrogen-bond acceptors (Lipinski definition) is 2. The quantitative estimate of drug-likeness (QED) is 0.166. The summed E-state index contributed by atoms with van der Waals surface area (Å²) in [7, 11) is 0. The van der Waals surface area contributed by atoms with Gasteiger partial charge < -0.3 is 0 Å². The molecule has 0 atom stereocenters. The fraction of sp³-hybridized carbons (Fsp3) is 0.192. The Bertz CT molecular complexity index is 1100. The van der Waals surface area contributed by atoms with E-state index >= 15 is 0 Å². The predicted octanol–water partition coefficient (Wildman–Crippen LogP) is 8.01. The predicted molar refractivity (Wildman–Crippen MR) is 127 cm³/mol. The van der Waals surface area contributed by atoms with Crippen LogP contribution in [0.25, 0.3) is 11.1 Å². The zero-order chi connectivity index (χ0) is 21.3. The zero-order valence-electron chi connectivity index (χ0n) is 16.7. The van der Waals surface area contributed by atoms with Crippen LogP contribution in [0, 0.1) is 17.7 Å². The van der Waals surface area contributed by atoms with E-state index in [1.165, 1.54) is 36.5 Å². The van der Waals surface area contributed by atoms with Crippen molar-refractivity contribution >= 4 is 34.7 Å². The topological polar surface area (TPSA) is 12.4 Å². The normalized spacial score (nSPS) is 10.1. The molecule has 0 radical (unpaired) electrons. The molecule has 3 rings (SSSR count). The third kappa shape index (κ3) is 5.88. The van der Waals surface area contributed by atoms with Gasteiger partial charge in [-0.2, -0.15) is 4.99 Å². The second-order valence-corrected chi connectivity index (χ2v) is 7.56. The summed E-state index contributed by atoms with van der Waals surface area (Å²) in [5.74, 6) is 5.41. The van der Waals surface area contributed by atoms with Crippen LogP contribution < -0.4 is 0 Å². The molecule has 30 heavy (non-hydrogen) atoms. The Morgan fingerprint density at radius 3 is 2.13 bits per heavy atom. The number of hydrogen-bond donors (Lipinski definition) is 0. The van der Waals surface area contributed by atoms with Gasteiger partial charge in [-0.3, -0.25) is 0 Å². The Morgan fingerprint density at radius 2 is 1.53 bits per heavy atom. The number of unbranched alkanes of at least 4 members (excludes halogenated alkanes) is 2. The summed E-state index contributed by atoms with van der Waals surface area (Å²) in [6.07, 6.45) is 4.88. The van der Waals surface area contributed by atoms with E-state index in [0.717, 1.165) is 17.5 Å². The first-order valence-electron chi connectivity index (χ1n) is 9.89. The van der Waals surface area contributed by atoms with E-state index in [4.69, 9.17) is 11.6 Å². The lowest BCUT2D eigenvalue weighted by Crippen LogP contribution is -1.86. The van der Waals surface area contributed by atoms with Crippen molar-refractivity contribution in [3.8, 4) is 23.0 Å². The molecule has 150 valence electrons. The zero-order valence-corrected chi connectivity index (χ0v) is 18.3. The van der Waals surface area contributed by atoms with Crippen LogP contribution in [0.4, 0.5) is 10.1 Å². The van der Waals surface area contributed by atoms with Crippen LogP contribution in [0.15, 0.2) is 65.7 Å². The molecule has 0 amide bonds. The number of benzene rings is 3. The Balaban J connectivity index is 1.72. The average Bonchev–Trinajstić information content (AvgIpc) is 2.76. The van der Waals surface area contributed by atoms with Crippen molar-refractivity contribution in [1.82, 2.24) is 0 Å². The van der Waals surface area contributed by atoms with Gasteiger partial charge >= 0.3 is 0 Å². The summed E-state index contributed by atoms with van der Waals surface area (Å²) in [6, 6.07) is 19.6.